The van der Waals surface area contributed by atoms with E-state index in [9.17, 15) is 4.79 Å². The lowest BCUT2D eigenvalue weighted by molar-refractivity contribution is -0.120. The Morgan fingerprint density at radius 2 is 1.72 bits per heavy atom. The number of nitrogens with zero attached hydrogens (tertiary/aromatic N) is 3. The van der Waals surface area contributed by atoms with Crippen molar-refractivity contribution in [2.75, 3.05) is 45.8 Å². The number of hydrogen-bond acceptors (Lipinski definition) is 6. The number of methoxy groups -OCH3 is 1. The molecule has 3 rings (SSSR count). The quantitative estimate of drug-likeness (QED) is 0.561. The average Bonchev–Trinajstić information content (AvgIpc) is 3.14. The third-order valence-electron chi connectivity index (χ3n) is 4.80. The monoisotopic (exact) mass is 413 g/mol. The molecule has 0 bridgehead atoms. The molecule has 0 spiro atoms. The van der Waals surface area contributed by atoms with Crippen LogP contribution in [0.3, 0.4) is 0 Å². The number of aromatic nitrogens is 1. The fraction of sp³-hybridized carbons (Fsp3) is 0.364. The van der Waals surface area contributed by atoms with Crippen LogP contribution in [0.25, 0.3) is 10.2 Å². The summed E-state index contributed by atoms with van der Waals surface area (Å²) in [5.74, 6) is 1.26. The summed E-state index contributed by atoms with van der Waals surface area (Å²) in [5.41, 5.74) is 3.31. The molecule has 2 aromatic carbocycles. The molecular weight excluding hydrogens is 386 g/mol. The van der Waals surface area contributed by atoms with Gasteiger partial charge in [0.2, 0.25) is 0 Å². The van der Waals surface area contributed by atoms with Crippen molar-refractivity contribution in [3.05, 3.63) is 47.5 Å². The fourth-order valence-electron chi connectivity index (χ4n) is 2.85. The number of aryl methyl sites for hydroxylation is 2. The minimum atomic E-state index is -0.115. The number of amides is 1. The van der Waals surface area contributed by atoms with Gasteiger partial charge in [0.05, 0.1) is 17.3 Å². The third kappa shape index (κ3) is 5.05. The molecule has 0 unspecified atom stereocenters. The van der Waals surface area contributed by atoms with E-state index in [4.69, 9.17) is 14.5 Å². The molecule has 3 aromatic rings. The number of anilines is 1. The number of likely N-dealkylation sites (N-methyl/N-ethyl adjacent to an activating group) is 1. The van der Waals surface area contributed by atoms with Gasteiger partial charge in [-0.25, -0.2) is 4.98 Å². The molecule has 0 N–H and O–H groups in total. The number of ether oxygens (including phenoxy) is 2. The molecule has 1 amide bonds. The number of carbonyl (C=O) groups excluding carboxylic acids is 1. The van der Waals surface area contributed by atoms with Gasteiger partial charge in [0.1, 0.15) is 11.5 Å². The molecule has 1 aromatic heterocycles. The number of carbonyl (C=O) groups is 1. The third-order valence-corrected chi connectivity index (χ3v) is 5.84. The topological polar surface area (TPSA) is 54.9 Å². The highest BCUT2D eigenvalue weighted by molar-refractivity contribution is 7.22. The first-order valence-corrected chi connectivity index (χ1v) is 10.3. The van der Waals surface area contributed by atoms with Crippen LogP contribution in [-0.2, 0) is 4.79 Å². The van der Waals surface area contributed by atoms with Gasteiger partial charge < -0.3 is 14.4 Å². The molecule has 29 heavy (non-hydrogen) atoms. The van der Waals surface area contributed by atoms with E-state index in [1.807, 2.05) is 31.1 Å². The summed E-state index contributed by atoms with van der Waals surface area (Å²) in [4.78, 5) is 21.6. The van der Waals surface area contributed by atoms with Crippen molar-refractivity contribution in [3.63, 3.8) is 0 Å². The van der Waals surface area contributed by atoms with E-state index >= 15 is 0 Å². The van der Waals surface area contributed by atoms with Crippen LogP contribution in [0.1, 0.15) is 11.1 Å². The summed E-state index contributed by atoms with van der Waals surface area (Å²) in [6.45, 7) is 5.39. The van der Waals surface area contributed by atoms with E-state index in [0.29, 0.717) is 17.4 Å². The second-order valence-corrected chi connectivity index (χ2v) is 8.17. The molecule has 0 fully saturated rings. The van der Waals surface area contributed by atoms with E-state index in [1.165, 1.54) is 16.9 Å². The Morgan fingerprint density at radius 3 is 2.38 bits per heavy atom. The summed E-state index contributed by atoms with van der Waals surface area (Å²) in [5, 5.41) is 0.707. The second kappa shape index (κ2) is 9.24. The summed E-state index contributed by atoms with van der Waals surface area (Å²) < 4.78 is 11.9. The molecule has 0 atom stereocenters. The van der Waals surface area contributed by atoms with Gasteiger partial charge in [-0.05, 0) is 69.4 Å². The number of benzene rings is 2. The van der Waals surface area contributed by atoms with Crippen LogP contribution < -0.4 is 14.4 Å². The Hall–Kier alpha value is -2.64. The maximum Gasteiger partial charge on any atom is 0.266 e. The zero-order valence-corrected chi connectivity index (χ0v) is 18.4. The normalized spacial score (nSPS) is 11.1. The number of fused-ring (bicyclic) bond motifs is 1. The Kier molecular flexibility index (Phi) is 6.71. The molecule has 0 aliphatic rings. The van der Waals surface area contributed by atoms with Gasteiger partial charge in [-0.2, -0.15) is 0 Å². The molecule has 1 heterocycles. The first-order valence-electron chi connectivity index (χ1n) is 9.47. The molecule has 154 valence electrons. The molecule has 0 saturated carbocycles. The highest BCUT2D eigenvalue weighted by Gasteiger charge is 2.21. The molecule has 0 saturated heterocycles. The van der Waals surface area contributed by atoms with Gasteiger partial charge in [-0.1, -0.05) is 17.4 Å². The molecule has 0 radical (unpaired) electrons. The average molecular weight is 414 g/mol. The van der Waals surface area contributed by atoms with Gasteiger partial charge in [0.25, 0.3) is 5.91 Å². The van der Waals surface area contributed by atoms with Crippen LogP contribution in [-0.4, -0.2) is 56.7 Å². The lowest BCUT2D eigenvalue weighted by Gasteiger charge is -2.22. The van der Waals surface area contributed by atoms with Gasteiger partial charge in [-0.3, -0.25) is 9.69 Å². The second-order valence-electron chi connectivity index (χ2n) is 7.16. The number of hydrogen-bond donors (Lipinski definition) is 0. The smallest absolute Gasteiger partial charge is 0.266 e. The maximum absolute atomic E-state index is 13.0. The van der Waals surface area contributed by atoms with E-state index in [2.05, 4.69) is 26.0 Å². The van der Waals surface area contributed by atoms with Crippen LogP contribution in [0.2, 0.25) is 0 Å². The van der Waals surface area contributed by atoms with E-state index in [1.54, 1.807) is 24.1 Å². The van der Waals surface area contributed by atoms with Crippen molar-refractivity contribution in [3.8, 4) is 11.5 Å². The van der Waals surface area contributed by atoms with E-state index in [0.717, 1.165) is 28.1 Å². The van der Waals surface area contributed by atoms with Crippen molar-refractivity contribution in [1.29, 1.82) is 0 Å². The molecular formula is C22H27N3O3S. The summed E-state index contributed by atoms with van der Waals surface area (Å²) >= 11 is 1.54. The van der Waals surface area contributed by atoms with Gasteiger partial charge in [0, 0.05) is 13.1 Å². The van der Waals surface area contributed by atoms with E-state index in [-0.39, 0.29) is 12.5 Å². The van der Waals surface area contributed by atoms with Crippen LogP contribution in [0.5, 0.6) is 11.5 Å². The highest BCUT2D eigenvalue weighted by Crippen LogP contribution is 2.32. The number of thiazole rings is 1. The van der Waals surface area contributed by atoms with Crippen LogP contribution in [0.4, 0.5) is 5.13 Å². The van der Waals surface area contributed by atoms with Crippen molar-refractivity contribution < 1.29 is 14.3 Å². The molecule has 0 aliphatic carbocycles. The Labute approximate surface area is 175 Å². The minimum absolute atomic E-state index is 0.0479. The largest absolute Gasteiger partial charge is 0.497 e. The summed E-state index contributed by atoms with van der Waals surface area (Å²) in [6.07, 6.45) is 0. The lowest BCUT2D eigenvalue weighted by atomic mass is 10.1. The Balaban J connectivity index is 1.80. The summed E-state index contributed by atoms with van der Waals surface area (Å²) in [6, 6.07) is 11.4. The van der Waals surface area contributed by atoms with Crippen molar-refractivity contribution in [1.82, 2.24) is 9.88 Å². The van der Waals surface area contributed by atoms with Gasteiger partial charge in [-0.15, -0.1) is 0 Å². The van der Waals surface area contributed by atoms with Crippen molar-refractivity contribution in [2.24, 2.45) is 0 Å². The molecule has 0 aliphatic heterocycles. The van der Waals surface area contributed by atoms with Gasteiger partial charge in [0.15, 0.2) is 11.7 Å². The predicted octanol–water partition coefficient (Wildman–Crippen LogP) is 3.90. The summed E-state index contributed by atoms with van der Waals surface area (Å²) in [7, 11) is 5.59. The molecule has 7 heteroatoms. The minimum Gasteiger partial charge on any atom is -0.497 e. The SMILES string of the molecule is COc1ccc(OCC(=O)N(CCN(C)C)c2nc3c(C)c(C)ccc3s2)cc1. The fourth-order valence-corrected chi connectivity index (χ4v) is 3.92. The van der Waals surface area contributed by atoms with Gasteiger partial charge >= 0.3 is 0 Å². The highest BCUT2D eigenvalue weighted by atomic mass is 32.1. The maximum atomic E-state index is 13.0. The van der Waals surface area contributed by atoms with Crippen molar-refractivity contribution >= 4 is 32.6 Å². The van der Waals surface area contributed by atoms with Crippen LogP contribution >= 0.6 is 11.3 Å². The van der Waals surface area contributed by atoms with Crippen LogP contribution in [0, 0.1) is 13.8 Å². The first-order chi connectivity index (χ1) is 13.9. The Morgan fingerprint density at radius 1 is 1.03 bits per heavy atom. The molecule has 6 nitrogen and oxygen atoms in total. The number of rotatable bonds is 8. The first kappa shape index (κ1) is 21.1. The Bertz CT molecular complexity index is 983. The predicted molar refractivity (Wildman–Crippen MR) is 118 cm³/mol. The standard InChI is InChI=1S/C22H27N3O3S/c1-15-6-11-19-21(16(15)2)23-22(29-19)25(13-12-24(3)4)20(26)14-28-18-9-7-17(27-5)8-10-18/h6-11H,12-14H2,1-5H3. The van der Waals surface area contributed by atoms with Crippen LogP contribution in [0.15, 0.2) is 36.4 Å². The zero-order valence-electron chi connectivity index (χ0n) is 17.6. The lowest BCUT2D eigenvalue weighted by Crippen LogP contribution is -2.39. The van der Waals surface area contributed by atoms with E-state index < -0.39 is 0 Å². The zero-order chi connectivity index (χ0) is 21.0. The van der Waals surface area contributed by atoms with Crippen molar-refractivity contribution in [2.45, 2.75) is 13.8 Å².